The van der Waals surface area contributed by atoms with E-state index in [0.717, 1.165) is 32.7 Å². The molecule has 0 aromatic carbocycles. The molecule has 0 spiro atoms. The van der Waals surface area contributed by atoms with Crippen LogP contribution < -0.4 is 26.6 Å². The number of halogens is 2. The van der Waals surface area contributed by atoms with Crippen LogP contribution in [0.4, 0.5) is 0 Å². The van der Waals surface area contributed by atoms with Gasteiger partial charge in [-0.3, -0.25) is 0 Å². The Labute approximate surface area is 185 Å². The fourth-order valence-corrected chi connectivity index (χ4v) is 4.78. The Morgan fingerprint density at radius 3 is 1.39 bits per heavy atom. The minimum atomic E-state index is 0.00694. The first-order chi connectivity index (χ1) is 13.8. The van der Waals surface area contributed by atoms with Crippen molar-refractivity contribution in [1.82, 2.24) is 26.6 Å². The molecule has 5 atom stereocenters. The molecule has 0 bridgehead atoms. The summed E-state index contributed by atoms with van der Waals surface area (Å²) >= 11 is 0.00694. The van der Waals surface area contributed by atoms with Gasteiger partial charge in [-0.25, -0.2) is 0 Å². The van der Waals surface area contributed by atoms with Crippen LogP contribution in [0.15, 0.2) is 0 Å². The van der Waals surface area contributed by atoms with Gasteiger partial charge in [0.15, 0.2) is 0 Å². The number of hydrogen-bond donors (Lipinski definition) is 6. The molecule has 167 valence electrons. The monoisotopic (exact) mass is 478 g/mol. The van der Waals surface area contributed by atoms with Crippen LogP contribution in [-0.4, -0.2) is 74.6 Å². The minimum absolute atomic E-state index is 0.00694. The maximum absolute atomic E-state index is 9.68. The van der Waals surface area contributed by atoms with Gasteiger partial charge in [0.25, 0.3) is 0 Å². The molecular weight excluding hydrogens is 440 g/mol. The number of hydrogen-bond acceptors (Lipinski definition) is 6. The molecule has 0 amide bonds. The third kappa shape index (κ3) is 9.34. The molecule has 1 heterocycles. The topological polar surface area (TPSA) is 80.4 Å². The number of aliphatic hydroxyl groups is 1. The quantitative estimate of drug-likeness (QED) is 0.319. The summed E-state index contributed by atoms with van der Waals surface area (Å²) in [5, 5.41) is 28.2. The van der Waals surface area contributed by atoms with E-state index in [0.29, 0.717) is 24.2 Å². The molecule has 0 aromatic rings. The number of aliphatic hydroxyl groups excluding tert-OH is 1. The second-order valence-electron chi connectivity index (χ2n) is 8.15. The van der Waals surface area contributed by atoms with Crippen LogP contribution in [0.25, 0.3) is 0 Å². The van der Waals surface area contributed by atoms with Crippen LogP contribution in [0.3, 0.4) is 0 Å². The van der Waals surface area contributed by atoms with Crippen LogP contribution in [-0.2, 0) is 13.1 Å². The van der Waals surface area contributed by atoms with Crippen molar-refractivity contribution in [1.29, 1.82) is 0 Å². The second-order valence-corrected chi connectivity index (χ2v) is 10.1. The standard InChI is InChI=1S/C19H39N5O.2ClH.Mn/c25-14-15-13-24-19-8-4-3-7-18(19)23-12-11-22-17-6-2-1-5-16(17)21-10-9-20-15;;;/h15-25H,1-14H2;2*1H;/q;;;+2/p-2/t15-,16-,17-,18-,19-;;;/m1.../s1. The molecule has 6 N–H and O–H groups in total. The van der Waals surface area contributed by atoms with E-state index in [4.69, 9.17) is 20.2 Å². The summed E-state index contributed by atoms with van der Waals surface area (Å²) in [4.78, 5) is 0. The van der Waals surface area contributed by atoms with Crippen LogP contribution in [0.1, 0.15) is 51.4 Å². The van der Waals surface area contributed by atoms with E-state index >= 15 is 0 Å². The summed E-state index contributed by atoms with van der Waals surface area (Å²) in [6, 6.07) is 2.45. The van der Waals surface area contributed by atoms with E-state index in [2.05, 4.69) is 26.6 Å². The zero-order valence-electron chi connectivity index (χ0n) is 16.9. The van der Waals surface area contributed by atoms with Gasteiger partial charge in [0, 0.05) is 62.9 Å². The predicted octanol–water partition coefficient (Wildman–Crippen LogP) is 1.31. The fraction of sp³-hybridized carbons (Fsp3) is 1.00. The molecule has 3 rings (SSSR count). The molecule has 0 radical (unpaired) electrons. The van der Waals surface area contributed by atoms with Crippen molar-refractivity contribution >= 4 is 20.2 Å². The summed E-state index contributed by atoms with van der Waals surface area (Å²) in [6.45, 7) is 5.05. The Balaban J connectivity index is 0.000000878. The van der Waals surface area contributed by atoms with E-state index in [9.17, 15) is 5.11 Å². The Hall–Kier alpha value is 0.859. The molecule has 1 saturated heterocycles. The normalized spacial score (nSPS) is 35.9. The van der Waals surface area contributed by atoms with Crippen molar-refractivity contribution in [3.8, 4) is 0 Å². The fourth-order valence-electron chi connectivity index (χ4n) is 4.78. The van der Waals surface area contributed by atoms with Crippen LogP contribution in [0.2, 0.25) is 0 Å². The summed E-state index contributed by atoms with van der Waals surface area (Å²) in [5.41, 5.74) is 0. The van der Waals surface area contributed by atoms with Crippen molar-refractivity contribution < 1.29 is 18.2 Å². The average molecular weight is 479 g/mol. The molecule has 1 aliphatic heterocycles. The van der Waals surface area contributed by atoms with E-state index < -0.39 is 0 Å². The summed E-state index contributed by atoms with van der Waals surface area (Å²) in [5.74, 6) is 0. The third-order valence-electron chi connectivity index (χ3n) is 6.28. The number of nitrogens with one attached hydrogen (secondary N) is 5. The van der Waals surface area contributed by atoms with E-state index in [1.54, 1.807) is 0 Å². The van der Waals surface area contributed by atoms with Crippen LogP contribution in [0.5, 0.6) is 0 Å². The Morgan fingerprint density at radius 1 is 0.643 bits per heavy atom. The van der Waals surface area contributed by atoms with Gasteiger partial charge in [0.2, 0.25) is 0 Å². The van der Waals surface area contributed by atoms with Gasteiger partial charge in [0.1, 0.15) is 0 Å². The number of rotatable bonds is 1. The molecule has 28 heavy (non-hydrogen) atoms. The summed E-state index contributed by atoms with van der Waals surface area (Å²) < 4.78 is 0. The van der Waals surface area contributed by atoms with E-state index in [-0.39, 0.29) is 25.8 Å². The molecule has 0 aromatic heterocycles. The van der Waals surface area contributed by atoms with Gasteiger partial charge in [-0.1, -0.05) is 25.7 Å². The molecule has 3 fully saturated rings. The zero-order valence-corrected chi connectivity index (χ0v) is 19.6. The Bertz CT molecular complexity index is 399. The molecule has 9 heteroatoms. The molecule has 0 unspecified atom stereocenters. The maximum atomic E-state index is 9.68. The first-order valence-electron chi connectivity index (χ1n) is 10.9. The Kier molecular flexibility index (Phi) is 14.0. The van der Waals surface area contributed by atoms with Crippen molar-refractivity contribution in [2.75, 3.05) is 39.3 Å². The molecule has 2 saturated carbocycles. The van der Waals surface area contributed by atoms with Gasteiger partial charge in [-0.2, -0.15) is 0 Å². The predicted molar refractivity (Wildman–Crippen MR) is 115 cm³/mol. The number of fused-ring (bicyclic) bond motifs is 2. The average Bonchev–Trinajstić information content (AvgIpc) is 2.73. The Morgan fingerprint density at radius 2 is 1.00 bits per heavy atom. The molecule has 6 nitrogen and oxygen atoms in total. The van der Waals surface area contributed by atoms with Gasteiger partial charge in [-0.15, -0.1) is 0 Å². The van der Waals surface area contributed by atoms with Crippen molar-refractivity contribution in [2.45, 2.75) is 81.6 Å². The molecule has 2 aliphatic carbocycles. The zero-order chi connectivity index (χ0) is 20.0. The molecule has 3 aliphatic rings. The summed E-state index contributed by atoms with van der Waals surface area (Å²) in [6.07, 6.45) is 10.4. The molecular formula is C19H39Cl2MnN5O. The summed E-state index contributed by atoms with van der Waals surface area (Å²) in [7, 11) is 9.59. The van der Waals surface area contributed by atoms with Crippen molar-refractivity contribution in [2.24, 2.45) is 0 Å². The van der Waals surface area contributed by atoms with Gasteiger partial charge in [-0.05, 0) is 25.7 Å². The first kappa shape index (κ1) is 25.1. The van der Waals surface area contributed by atoms with Gasteiger partial charge in [0.05, 0.1) is 6.61 Å². The van der Waals surface area contributed by atoms with Crippen molar-refractivity contribution in [3.63, 3.8) is 0 Å². The van der Waals surface area contributed by atoms with Crippen LogP contribution >= 0.6 is 20.2 Å². The first-order valence-corrected chi connectivity index (χ1v) is 14.2. The van der Waals surface area contributed by atoms with Gasteiger partial charge >= 0.3 is 33.3 Å². The SMILES string of the molecule is OC[C@H]1CN[C@@H]2CCCC[C@H]2NCCN[C@@H]2CCCC[C@H]2NCCN1.[Cl][Mn][Cl]. The van der Waals surface area contributed by atoms with E-state index in [1.165, 1.54) is 51.4 Å². The van der Waals surface area contributed by atoms with Crippen LogP contribution in [0, 0.1) is 0 Å². The van der Waals surface area contributed by atoms with Crippen molar-refractivity contribution in [3.05, 3.63) is 0 Å². The van der Waals surface area contributed by atoms with E-state index in [1.807, 2.05) is 0 Å². The third-order valence-corrected chi connectivity index (χ3v) is 6.28. The van der Waals surface area contributed by atoms with Gasteiger partial charge < -0.3 is 31.7 Å². The second kappa shape index (κ2) is 15.6.